The lowest BCUT2D eigenvalue weighted by Gasteiger charge is -2.56. The Morgan fingerprint density at radius 2 is 2.00 bits per heavy atom. The maximum absolute atomic E-state index is 12.8. The highest BCUT2D eigenvalue weighted by molar-refractivity contribution is 5.64. The molecule has 0 amide bonds. The van der Waals surface area contributed by atoms with Crippen LogP contribution in [0.2, 0.25) is 0 Å². The minimum Gasteiger partial charge on any atom is -0.431 e. The summed E-state index contributed by atoms with van der Waals surface area (Å²) in [5.74, 6) is 1.62. The van der Waals surface area contributed by atoms with E-state index in [1.165, 1.54) is 31.0 Å². The van der Waals surface area contributed by atoms with Crippen LogP contribution in [0.3, 0.4) is 0 Å². The minimum absolute atomic E-state index is 0.0400. The monoisotopic (exact) mass is 516 g/mol. The smallest absolute Gasteiger partial charge is 0.387 e. The molecule has 2 aromatic heterocycles. The van der Waals surface area contributed by atoms with Crippen LogP contribution in [0.1, 0.15) is 57.2 Å². The fraction of sp³-hybridized carbons (Fsp3) is 0.704. The summed E-state index contributed by atoms with van der Waals surface area (Å²) in [5.41, 5.74) is 8.41. The van der Waals surface area contributed by atoms with Crippen molar-refractivity contribution in [2.75, 3.05) is 45.6 Å². The summed E-state index contributed by atoms with van der Waals surface area (Å²) in [7, 11) is 2.19. The molecule has 1 spiro atoms. The lowest BCUT2D eigenvalue weighted by Crippen LogP contribution is -2.71. The van der Waals surface area contributed by atoms with Crippen LogP contribution in [0.25, 0.3) is 11.3 Å². The number of nitrogens with two attached hydrogens (primary N) is 1. The number of hydrogen-bond donors (Lipinski definition) is 1. The van der Waals surface area contributed by atoms with Crippen molar-refractivity contribution in [1.29, 1.82) is 0 Å². The van der Waals surface area contributed by atoms with E-state index in [1.807, 2.05) is 0 Å². The Hall–Kier alpha value is -2.30. The van der Waals surface area contributed by atoms with Gasteiger partial charge in [-0.25, -0.2) is 4.98 Å². The molecule has 6 rings (SSSR count). The molecule has 37 heavy (non-hydrogen) atoms. The molecule has 2 saturated heterocycles. The molecule has 0 radical (unpaired) electrons. The van der Waals surface area contributed by atoms with Crippen LogP contribution in [0.4, 0.5) is 14.6 Å². The van der Waals surface area contributed by atoms with Gasteiger partial charge < -0.3 is 20.1 Å². The van der Waals surface area contributed by atoms with Gasteiger partial charge in [-0.15, -0.1) is 0 Å². The third kappa shape index (κ3) is 4.51. The molecule has 0 aromatic carbocycles. The van der Waals surface area contributed by atoms with Gasteiger partial charge in [0.2, 0.25) is 0 Å². The molecule has 2 bridgehead atoms. The van der Waals surface area contributed by atoms with Crippen LogP contribution in [-0.4, -0.2) is 82.7 Å². The summed E-state index contributed by atoms with van der Waals surface area (Å²) in [4.78, 5) is 9.15. The van der Waals surface area contributed by atoms with E-state index in [4.69, 9.17) is 15.6 Å². The van der Waals surface area contributed by atoms with E-state index >= 15 is 0 Å². The van der Waals surface area contributed by atoms with Crippen molar-refractivity contribution in [1.82, 2.24) is 24.6 Å². The van der Waals surface area contributed by atoms with Gasteiger partial charge in [0.25, 0.3) is 0 Å². The standard InChI is InChI=1S/C27H38F2N6O2/c1-4-16(2)35-23(11-21(32-35)19-10-24(37-26(28)29)25(30)31-12-19)20-8-18-7-17(20)9-22(18)34-14-27(15-34)13-33(3)5-6-36-27/h10-12,16-18,20,22,26H,4-9,13-15H2,1-3H3,(H2,30,31)/t16?,17-,18?,20+,22?/m0/s1. The minimum atomic E-state index is -2.96. The van der Waals surface area contributed by atoms with E-state index < -0.39 is 6.61 Å². The maximum atomic E-state index is 12.8. The Morgan fingerprint density at radius 1 is 1.19 bits per heavy atom. The SMILES string of the molecule is CCC(C)n1nc(-c2cnc(N)c(OC(F)F)c2)cc1[C@@H]1CC2C[C@H]1CC2N1CC2(CN(C)CCO2)C1. The van der Waals surface area contributed by atoms with Crippen molar-refractivity contribution in [3.8, 4) is 17.0 Å². The molecule has 2 aliphatic carbocycles. The van der Waals surface area contributed by atoms with E-state index in [9.17, 15) is 8.78 Å². The number of alkyl halides is 2. The molecule has 10 heteroatoms. The van der Waals surface area contributed by atoms with E-state index in [0.29, 0.717) is 29.4 Å². The Bertz CT molecular complexity index is 1140. The normalized spacial score (nSPS) is 30.2. The average molecular weight is 517 g/mol. The van der Waals surface area contributed by atoms with Gasteiger partial charge in [-0.2, -0.15) is 13.9 Å². The predicted molar refractivity (Wildman–Crippen MR) is 137 cm³/mol. The first-order valence-corrected chi connectivity index (χ1v) is 13.6. The van der Waals surface area contributed by atoms with E-state index in [1.54, 1.807) is 6.20 Å². The molecule has 202 valence electrons. The third-order valence-electron chi connectivity index (χ3n) is 9.26. The number of ether oxygens (including phenoxy) is 2. The molecule has 2 aliphatic heterocycles. The van der Waals surface area contributed by atoms with Crippen molar-refractivity contribution < 1.29 is 18.3 Å². The lowest BCUT2D eigenvalue weighted by atomic mass is 9.80. The summed E-state index contributed by atoms with van der Waals surface area (Å²) < 4.78 is 38.6. The van der Waals surface area contributed by atoms with Gasteiger partial charge in [0.05, 0.1) is 12.3 Å². The number of halogens is 2. The fourth-order valence-electron chi connectivity index (χ4n) is 7.35. The number of anilines is 1. The Balaban J connectivity index is 1.20. The van der Waals surface area contributed by atoms with Crippen LogP contribution >= 0.6 is 0 Å². The highest BCUT2D eigenvalue weighted by atomic mass is 19.3. The van der Waals surface area contributed by atoms with Crippen molar-refractivity contribution >= 4 is 5.82 Å². The highest BCUT2D eigenvalue weighted by Crippen LogP contribution is 2.56. The third-order valence-corrected chi connectivity index (χ3v) is 9.26. The number of rotatable bonds is 7. The molecular formula is C27H38F2N6O2. The van der Waals surface area contributed by atoms with E-state index in [0.717, 1.165) is 44.9 Å². The molecule has 2 N–H and O–H groups in total. The molecule has 5 atom stereocenters. The first kappa shape index (κ1) is 25.0. The average Bonchev–Trinajstić information content (AvgIpc) is 3.57. The first-order chi connectivity index (χ1) is 17.7. The van der Waals surface area contributed by atoms with Gasteiger partial charge >= 0.3 is 6.61 Å². The van der Waals surface area contributed by atoms with Gasteiger partial charge in [0, 0.05) is 61.6 Å². The zero-order valence-corrected chi connectivity index (χ0v) is 21.9. The molecular weight excluding hydrogens is 478 g/mol. The fourth-order valence-corrected chi connectivity index (χ4v) is 7.35. The zero-order valence-electron chi connectivity index (χ0n) is 21.9. The number of morpholine rings is 1. The number of pyridine rings is 1. The molecule has 2 aromatic rings. The quantitative estimate of drug-likeness (QED) is 0.596. The number of hydrogen-bond acceptors (Lipinski definition) is 7. The van der Waals surface area contributed by atoms with Gasteiger partial charge in [-0.1, -0.05) is 6.92 Å². The van der Waals surface area contributed by atoms with E-state index in [-0.39, 0.29) is 23.2 Å². The summed E-state index contributed by atoms with van der Waals surface area (Å²) in [6.07, 6.45) is 6.19. The summed E-state index contributed by atoms with van der Waals surface area (Å²) in [5, 5.41) is 4.94. The molecule has 2 saturated carbocycles. The largest absolute Gasteiger partial charge is 0.431 e. The van der Waals surface area contributed by atoms with Crippen molar-refractivity contribution in [3.63, 3.8) is 0 Å². The second-order valence-corrected chi connectivity index (χ2v) is 11.7. The van der Waals surface area contributed by atoms with Crippen LogP contribution in [0, 0.1) is 11.8 Å². The predicted octanol–water partition coefficient (Wildman–Crippen LogP) is 4.00. The first-order valence-electron chi connectivity index (χ1n) is 13.6. The van der Waals surface area contributed by atoms with Crippen molar-refractivity contribution in [2.24, 2.45) is 11.8 Å². The van der Waals surface area contributed by atoms with Gasteiger partial charge in [0.15, 0.2) is 11.6 Å². The van der Waals surface area contributed by atoms with Crippen LogP contribution < -0.4 is 10.5 Å². The molecule has 4 fully saturated rings. The van der Waals surface area contributed by atoms with Crippen molar-refractivity contribution in [2.45, 2.75) is 69.7 Å². The zero-order chi connectivity index (χ0) is 25.9. The lowest BCUT2D eigenvalue weighted by molar-refractivity contribution is -0.193. The summed E-state index contributed by atoms with van der Waals surface area (Å²) in [6.45, 7) is 6.39. The second kappa shape index (κ2) is 9.47. The Morgan fingerprint density at radius 3 is 2.68 bits per heavy atom. The summed E-state index contributed by atoms with van der Waals surface area (Å²) >= 11 is 0. The Labute approximate surface area is 217 Å². The number of fused-ring (bicyclic) bond motifs is 2. The maximum Gasteiger partial charge on any atom is 0.387 e. The van der Waals surface area contributed by atoms with Gasteiger partial charge in [0.1, 0.15) is 5.60 Å². The topological polar surface area (TPSA) is 81.7 Å². The molecule has 8 nitrogen and oxygen atoms in total. The van der Waals surface area contributed by atoms with Crippen LogP contribution in [0.15, 0.2) is 18.3 Å². The molecule has 4 aliphatic rings. The number of nitrogen functional groups attached to an aromatic ring is 1. The van der Waals surface area contributed by atoms with Crippen LogP contribution in [-0.2, 0) is 4.74 Å². The number of aromatic nitrogens is 3. The molecule has 4 heterocycles. The van der Waals surface area contributed by atoms with Gasteiger partial charge in [-0.05, 0) is 63.6 Å². The van der Waals surface area contributed by atoms with Crippen molar-refractivity contribution in [3.05, 3.63) is 24.0 Å². The van der Waals surface area contributed by atoms with Gasteiger partial charge in [-0.3, -0.25) is 9.58 Å². The second-order valence-electron chi connectivity index (χ2n) is 11.7. The number of nitrogens with zero attached hydrogens (tertiary/aromatic N) is 5. The highest BCUT2D eigenvalue weighted by Gasteiger charge is 2.55. The number of likely N-dealkylation sites (N-methyl/N-ethyl adjacent to an activating group) is 1. The Kier molecular flexibility index (Phi) is 6.40. The van der Waals surface area contributed by atoms with E-state index in [2.05, 4.69) is 51.2 Å². The molecule has 3 unspecified atom stereocenters. The van der Waals surface area contributed by atoms with Crippen LogP contribution in [0.5, 0.6) is 5.75 Å². The summed E-state index contributed by atoms with van der Waals surface area (Å²) in [6, 6.07) is 4.55. The number of likely N-dealkylation sites (tertiary alicyclic amines) is 1.